The van der Waals surface area contributed by atoms with Crippen LogP contribution in [0.15, 0.2) is 24.3 Å². The van der Waals surface area contributed by atoms with Crippen LogP contribution in [0.4, 0.5) is 5.69 Å². The largest absolute Gasteiger partial charge is 0.399 e. The van der Waals surface area contributed by atoms with E-state index in [0.29, 0.717) is 12.1 Å². The molecule has 0 aliphatic carbocycles. The van der Waals surface area contributed by atoms with Gasteiger partial charge in [0, 0.05) is 11.6 Å². The van der Waals surface area contributed by atoms with Gasteiger partial charge in [0.15, 0.2) is 0 Å². The average molecular weight is 195 g/mol. The molecule has 0 aliphatic rings. The summed E-state index contributed by atoms with van der Waals surface area (Å²) in [5.41, 5.74) is 7.17. The van der Waals surface area contributed by atoms with E-state index in [-0.39, 0.29) is 12.5 Å². The maximum Gasteiger partial charge on any atom is 0.0628 e. The van der Waals surface area contributed by atoms with Crippen molar-refractivity contribution in [3.05, 3.63) is 29.8 Å². The first-order chi connectivity index (χ1) is 6.69. The van der Waals surface area contributed by atoms with Gasteiger partial charge in [-0.05, 0) is 24.1 Å². The van der Waals surface area contributed by atoms with E-state index in [0.717, 1.165) is 5.56 Å². The highest BCUT2D eigenvalue weighted by Crippen LogP contribution is 2.22. The van der Waals surface area contributed by atoms with Crippen LogP contribution >= 0.6 is 0 Å². The number of nitrogen functional groups attached to an aromatic ring is 1. The first kappa shape index (κ1) is 11.0. The van der Waals surface area contributed by atoms with Gasteiger partial charge in [0.2, 0.25) is 0 Å². The third-order valence-electron chi connectivity index (χ3n) is 2.44. The van der Waals surface area contributed by atoms with Crippen LogP contribution < -0.4 is 5.73 Å². The van der Waals surface area contributed by atoms with Crippen molar-refractivity contribution in [2.45, 2.75) is 25.4 Å². The lowest BCUT2D eigenvalue weighted by molar-refractivity contribution is 0.103. The second-order valence-corrected chi connectivity index (χ2v) is 3.43. The zero-order valence-electron chi connectivity index (χ0n) is 8.35. The fourth-order valence-corrected chi connectivity index (χ4v) is 1.48. The third-order valence-corrected chi connectivity index (χ3v) is 2.44. The Labute approximate surface area is 84.2 Å². The number of nitrogens with two attached hydrogens (primary N) is 1. The van der Waals surface area contributed by atoms with E-state index in [4.69, 9.17) is 10.8 Å². The van der Waals surface area contributed by atoms with Gasteiger partial charge in [-0.15, -0.1) is 0 Å². The number of hydrogen-bond donors (Lipinski definition) is 3. The van der Waals surface area contributed by atoms with Crippen LogP contribution in [0.2, 0.25) is 0 Å². The van der Waals surface area contributed by atoms with Gasteiger partial charge in [-0.25, -0.2) is 0 Å². The number of aliphatic hydroxyl groups excluding tert-OH is 2. The van der Waals surface area contributed by atoms with Crippen LogP contribution in [0.3, 0.4) is 0 Å². The smallest absolute Gasteiger partial charge is 0.0628 e. The van der Waals surface area contributed by atoms with Crippen LogP contribution in [-0.4, -0.2) is 22.9 Å². The van der Waals surface area contributed by atoms with E-state index in [2.05, 4.69) is 0 Å². The van der Waals surface area contributed by atoms with Gasteiger partial charge in [-0.2, -0.15) is 0 Å². The summed E-state index contributed by atoms with van der Waals surface area (Å²) in [5, 5.41) is 18.8. The molecule has 0 heterocycles. The summed E-state index contributed by atoms with van der Waals surface area (Å²) in [4.78, 5) is 0. The molecule has 1 aromatic carbocycles. The van der Waals surface area contributed by atoms with Crippen molar-refractivity contribution >= 4 is 5.69 Å². The summed E-state index contributed by atoms with van der Waals surface area (Å²) in [6, 6.07) is 7.24. The maximum absolute atomic E-state index is 9.65. The normalized spacial score (nSPS) is 15.1. The molecule has 3 nitrogen and oxygen atoms in total. The fraction of sp³-hybridized carbons (Fsp3) is 0.455. The van der Waals surface area contributed by atoms with E-state index >= 15 is 0 Å². The van der Waals surface area contributed by atoms with Crippen molar-refractivity contribution < 1.29 is 10.2 Å². The Hall–Kier alpha value is -1.06. The molecule has 0 spiro atoms. The van der Waals surface area contributed by atoms with Gasteiger partial charge < -0.3 is 15.9 Å². The molecule has 78 valence electrons. The Bertz CT molecular complexity index is 271. The van der Waals surface area contributed by atoms with Crippen molar-refractivity contribution in [3.63, 3.8) is 0 Å². The number of hydrogen-bond acceptors (Lipinski definition) is 3. The molecule has 0 fully saturated rings. The first-order valence-electron chi connectivity index (χ1n) is 4.83. The Kier molecular flexibility index (Phi) is 3.92. The molecule has 2 unspecified atom stereocenters. The van der Waals surface area contributed by atoms with Gasteiger partial charge in [0.05, 0.1) is 12.7 Å². The highest BCUT2D eigenvalue weighted by molar-refractivity contribution is 5.40. The minimum Gasteiger partial charge on any atom is -0.399 e. The van der Waals surface area contributed by atoms with E-state index in [1.54, 1.807) is 12.1 Å². The highest BCUT2D eigenvalue weighted by atomic mass is 16.3. The summed E-state index contributed by atoms with van der Waals surface area (Å²) < 4.78 is 0. The molecule has 1 rings (SSSR count). The number of benzene rings is 1. The van der Waals surface area contributed by atoms with E-state index in [1.807, 2.05) is 19.1 Å². The average Bonchev–Trinajstić information content (AvgIpc) is 2.21. The Morgan fingerprint density at radius 1 is 1.29 bits per heavy atom. The summed E-state index contributed by atoms with van der Waals surface area (Å²) in [5.74, 6) is -0.208. The maximum atomic E-state index is 9.65. The van der Waals surface area contributed by atoms with Gasteiger partial charge >= 0.3 is 0 Å². The predicted octanol–water partition coefficient (Wildman–Crippen LogP) is 1.12. The Morgan fingerprint density at radius 3 is 2.29 bits per heavy atom. The molecule has 0 saturated carbocycles. The van der Waals surface area contributed by atoms with Crippen molar-refractivity contribution in [3.8, 4) is 0 Å². The van der Waals surface area contributed by atoms with Gasteiger partial charge in [-0.3, -0.25) is 0 Å². The van der Waals surface area contributed by atoms with Crippen LogP contribution in [0.1, 0.15) is 24.8 Å². The zero-order valence-corrected chi connectivity index (χ0v) is 8.35. The number of rotatable bonds is 4. The molecule has 0 bridgehead atoms. The molecule has 0 aliphatic heterocycles. The molecule has 4 N–H and O–H groups in total. The van der Waals surface area contributed by atoms with Crippen molar-refractivity contribution in [1.82, 2.24) is 0 Å². The highest BCUT2D eigenvalue weighted by Gasteiger charge is 2.18. The molecule has 3 heteroatoms. The minimum atomic E-state index is -0.497. The molecule has 0 amide bonds. The number of anilines is 1. The SMILES string of the molecule is CCC(O)C(CO)c1ccc(N)cc1. The number of aliphatic hydroxyl groups is 2. The van der Waals surface area contributed by atoms with Gasteiger partial charge in [0.25, 0.3) is 0 Å². The molecule has 0 radical (unpaired) electrons. The van der Waals surface area contributed by atoms with Crippen LogP contribution in [0.5, 0.6) is 0 Å². The molecule has 14 heavy (non-hydrogen) atoms. The zero-order chi connectivity index (χ0) is 10.6. The monoisotopic (exact) mass is 195 g/mol. The summed E-state index contributed by atoms with van der Waals surface area (Å²) in [6.45, 7) is 1.85. The standard InChI is InChI=1S/C11H17NO2/c1-2-11(14)10(7-13)8-3-5-9(12)6-4-8/h3-6,10-11,13-14H,2,7,12H2,1H3. The molecule has 0 aromatic heterocycles. The van der Waals surface area contributed by atoms with E-state index < -0.39 is 6.10 Å². The predicted molar refractivity (Wildman–Crippen MR) is 57.0 cm³/mol. The van der Waals surface area contributed by atoms with Crippen LogP contribution in [-0.2, 0) is 0 Å². The van der Waals surface area contributed by atoms with Crippen molar-refractivity contribution in [1.29, 1.82) is 0 Å². The topological polar surface area (TPSA) is 66.5 Å². The Morgan fingerprint density at radius 2 is 1.86 bits per heavy atom. The van der Waals surface area contributed by atoms with Gasteiger partial charge in [-0.1, -0.05) is 19.1 Å². The fourth-order valence-electron chi connectivity index (χ4n) is 1.48. The summed E-state index contributed by atoms with van der Waals surface area (Å²) in [7, 11) is 0. The Balaban J connectivity index is 2.84. The molecule has 2 atom stereocenters. The van der Waals surface area contributed by atoms with Gasteiger partial charge in [0.1, 0.15) is 0 Å². The molecule has 1 aromatic rings. The second-order valence-electron chi connectivity index (χ2n) is 3.43. The van der Waals surface area contributed by atoms with Crippen LogP contribution in [0.25, 0.3) is 0 Å². The molecular formula is C11H17NO2. The van der Waals surface area contributed by atoms with Crippen LogP contribution in [0, 0.1) is 0 Å². The minimum absolute atomic E-state index is 0.0427. The quantitative estimate of drug-likeness (QED) is 0.631. The first-order valence-corrected chi connectivity index (χ1v) is 4.83. The molecule has 0 saturated heterocycles. The third kappa shape index (κ3) is 2.47. The summed E-state index contributed by atoms with van der Waals surface area (Å²) >= 11 is 0. The summed E-state index contributed by atoms with van der Waals surface area (Å²) in [6.07, 6.45) is 0.138. The van der Waals surface area contributed by atoms with Crippen molar-refractivity contribution in [2.75, 3.05) is 12.3 Å². The lowest BCUT2D eigenvalue weighted by Gasteiger charge is -2.19. The second kappa shape index (κ2) is 4.98. The lowest BCUT2D eigenvalue weighted by atomic mass is 9.93. The molecular weight excluding hydrogens is 178 g/mol. The lowest BCUT2D eigenvalue weighted by Crippen LogP contribution is -2.20. The van der Waals surface area contributed by atoms with E-state index in [9.17, 15) is 5.11 Å². The van der Waals surface area contributed by atoms with E-state index in [1.165, 1.54) is 0 Å². The van der Waals surface area contributed by atoms with Crippen molar-refractivity contribution in [2.24, 2.45) is 0 Å².